The van der Waals surface area contributed by atoms with Crippen molar-refractivity contribution in [2.75, 3.05) is 7.11 Å². The first-order chi connectivity index (χ1) is 9.78. The highest BCUT2D eigenvalue weighted by molar-refractivity contribution is 5.32. The fraction of sp³-hybridized carbons (Fsp3) is 0.375. The molecule has 1 heterocycles. The molecule has 0 amide bonds. The summed E-state index contributed by atoms with van der Waals surface area (Å²) in [6.45, 7) is 0. The zero-order valence-electron chi connectivity index (χ0n) is 11.5. The van der Waals surface area contributed by atoms with E-state index in [9.17, 15) is 5.11 Å². The first-order valence-corrected chi connectivity index (χ1v) is 6.92. The number of hydrogen-bond donors (Lipinski definition) is 1. The fourth-order valence-corrected chi connectivity index (χ4v) is 2.48. The van der Waals surface area contributed by atoms with Gasteiger partial charge in [0.1, 0.15) is 12.4 Å². The third-order valence-electron chi connectivity index (χ3n) is 3.98. The summed E-state index contributed by atoms with van der Waals surface area (Å²) < 4.78 is 5.05. The zero-order chi connectivity index (χ0) is 13.9. The van der Waals surface area contributed by atoms with Crippen molar-refractivity contribution in [2.24, 2.45) is 0 Å². The smallest absolute Gasteiger partial charge is 0.216 e. The molecule has 1 aliphatic carbocycles. The van der Waals surface area contributed by atoms with Crippen molar-refractivity contribution in [1.82, 2.24) is 9.97 Å². The van der Waals surface area contributed by atoms with Crippen LogP contribution < -0.4 is 4.74 Å². The van der Waals surface area contributed by atoms with Crippen molar-refractivity contribution >= 4 is 0 Å². The van der Waals surface area contributed by atoms with Crippen LogP contribution in [0.25, 0.3) is 0 Å². The summed E-state index contributed by atoms with van der Waals surface area (Å²) in [5, 5.41) is 10.4. The monoisotopic (exact) mass is 270 g/mol. The lowest BCUT2D eigenvalue weighted by molar-refractivity contribution is 0.214. The molecular formula is C16H18N2O2. The molecule has 0 radical (unpaired) electrons. The Labute approximate surface area is 118 Å². The molecule has 104 valence electrons. The second-order valence-corrected chi connectivity index (χ2v) is 5.18. The summed E-state index contributed by atoms with van der Waals surface area (Å²) in [5.74, 6) is 1.17. The molecule has 4 nitrogen and oxygen atoms in total. The van der Waals surface area contributed by atoms with E-state index in [1.165, 1.54) is 31.2 Å². The number of benzene rings is 1. The molecule has 20 heavy (non-hydrogen) atoms. The Bertz CT molecular complexity index is 579. The average molecular weight is 270 g/mol. The molecule has 3 rings (SSSR count). The van der Waals surface area contributed by atoms with Crippen LogP contribution in [0.3, 0.4) is 0 Å². The van der Waals surface area contributed by atoms with Crippen LogP contribution in [0.2, 0.25) is 0 Å². The Morgan fingerprint density at radius 1 is 1.20 bits per heavy atom. The van der Waals surface area contributed by atoms with Gasteiger partial charge in [0.25, 0.3) is 0 Å². The van der Waals surface area contributed by atoms with Gasteiger partial charge in [0.05, 0.1) is 12.8 Å². The van der Waals surface area contributed by atoms with Gasteiger partial charge in [0.15, 0.2) is 0 Å². The molecule has 0 bridgehead atoms. The molecule has 1 aromatic carbocycles. The number of aliphatic hydroxyl groups is 1. The first kappa shape index (κ1) is 13.1. The van der Waals surface area contributed by atoms with Crippen LogP contribution in [0.1, 0.15) is 48.1 Å². The molecule has 0 aliphatic heterocycles. The molecule has 1 unspecified atom stereocenters. The largest absolute Gasteiger partial charge is 0.481 e. The summed E-state index contributed by atoms with van der Waals surface area (Å²) in [5.41, 5.74) is 2.76. The molecule has 0 spiro atoms. The Morgan fingerprint density at radius 2 is 1.95 bits per heavy atom. The Balaban J connectivity index is 1.80. The van der Waals surface area contributed by atoms with Crippen LogP contribution in [0.5, 0.6) is 5.88 Å². The van der Waals surface area contributed by atoms with E-state index in [1.54, 1.807) is 13.2 Å². The highest BCUT2D eigenvalue weighted by Gasteiger charge is 2.20. The van der Waals surface area contributed by atoms with Crippen LogP contribution in [0, 0.1) is 0 Å². The van der Waals surface area contributed by atoms with E-state index in [1.807, 2.05) is 12.1 Å². The summed E-state index contributed by atoms with van der Waals surface area (Å²) >= 11 is 0. The highest BCUT2D eigenvalue weighted by atomic mass is 16.5. The number of methoxy groups -OCH3 is 1. The van der Waals surface area contributed by atoms with Crippen LogP contribution in [-0.2, 0) is 0 Å². The summed E-state index contributed by atoms with van der Waals surface area (Å²) in [7, 11) is 1.55. The number of aromatic nitrogens is 2. The van der Waals surface area contributed by atoms with Crippen molar-refractivity contribution in [3.63, 3.8) is 0 Å². The molecule has 1 aromatic heterocycles. The van der Waals surface area contributed by atoms with Crippen molar-refractivity contribution in [3.8, 4) is 5.88 Å². The van der Waals surface area contributed by atoms with Gasteiger partial charge in [0, 0.05) is 6.07 Å². The number of aliphatic hydroxyl groups excluding tert-OH is 1. The molecule has 2 aromatic rings. The Hall–Kier alpha value is -1.94. The first-order valence-electron chi connectivity index (χ1n) is 6.92. The summed E-state index contributed by atoms with van der Waals surface area (Å²) in [4.78, 5) is 8.05. The molecule has 1 aliphatic rings. The van der Waals surface area contributed by atoms with Gasteiger partial charge in [-0.15, -0.1) is 0 Å². The zero-order valence-corrected chi connectivity index (χ0v) is 11.5. The van der Waals surface area contributed by atoms with E-state index < -0.39 is 6.10 Å². The summed E-state index contributed by atoms with van der Waals surface area (Å²) in [6, 6.07) is 9.84. The standard InChI is InChI=1S/C16H18N2O2/c1-20-15-9-14(17-10-18-15)16(19)13-7-5-12(6-8-13)11-3-2-4-11/h5-11,16,19H,2-4H2,1H3. The Kier molecular flexibility index (Phi) is 3.65. The fourth-order valence-electron chi connectivity index (χ4n) is 2.48. The third kappa shape index (κ3) is 2.51. The maximum atomic E-state index is 10.4. The van der Waals surface area contributed by atoms with Crippen molar-refractivity contribution < 1.29 is 9.84 Å². The second kappa shape index (κ2) is 5.59. The average Bonchev–Trinajstić information content (AvgIpc) is 2.45. The highest BCUT2D eigenvalue weighted by Crippen LogP contribution is 2.36. The SMILES string of the molecule is COc1cc(C(O)c2ccc(C3CCC3)cc2)ncn1. The van der Waals surface area contributed by atoms with Crippen LogP contribution >= 0.6 is 0 Å². The van der Waals surface area contributed by atoms with Crippen molar-refractivity contribution in [1.29, 1.82) is 0 Å². The molecular weight excluding hydrogens is 252 g/mol. The molecule has 4 heteroatoms. The minimum atomic E-state index is -0.748. The second-order valence-electron chi connectivity index (χ2n) is 5.18. The molecule has 1 fully saturated rings. The number of rotatable bonds is 4. The molecule has 1 atom stereocenters. The predicted molar refractivity (Wildman–Crippen MR) is 75.7 cm³/mol. The lowest BCUT2D eigenvalue weighted by Crippen LogP contribution is -2.09. The van der Waals surface area contributed by atoms with Crippen molar-refractivity contribution in [3.05, 3.63) is 53.5 Å². The van der Waals surface area contributed by atoms with E-state index in [0.717, 1.165) is 5.56 Å². The van der Waals surface area contributed by atoms with Gasteiger partial charge in [-0.3, -0.25) is 0 Å². The maximum absolute atomic E-state index is 10.4. The molecule has 0 saturated heterocycles. The normalized spacial score (nSPS) is 16.5. The van der Waals surface area contributed by atoms with Crippen LogP contribution in [0.4, 0.5) is 0 Å². The lowest BCUT2D eigenvalue weighted by atomic mass is 9.80. The van der Waals surface area contributed by atoms with Gasteiger partial charge in [-0.2, -0.15) is 0 Å². The van der Waals surface area contributed by atoms with Gasteiger partial charge < -0.3 is 9.84 Å². The van der Waals surface area contributed by atoms with E-state index >= 15 is 0 Å². The predicted octanol–water partition coefficient (Wildman–Crippen LogP) is 2.83. The van der Waals surface area contributed by atoms with E-state index in [0.29, 0.717) is 17.5 Å². The van der Waals surface area contributed by atoms with E-state index in [2.05, 4.69) is 22.1 Å². The number of ether oxygens (including phenoxy) is 1. The van der Waals surface area contributed by atoms with Gasteiger partial charge >= 0.3 is 0 Å². The third-order valence-corrected chi connectivity index (χ3v) is 3.98. The van der Waals surface area contributed by atoms with Crippen LogP contribution in [0.15, 0.2) is 36.7 Å². The topological polar surface area (TPSA) is 55.2 Å². The molecule has 1 saturated carbocycles. The Morgan fingerprint density at radius 3 is 2.55 bits per heavy atom. The molecule has 1 N–H and O–H groups in total. The number of nitrogens with zero attached hydrogens (tertiary/aromatic N) is 2. The van der Waals surface area contributed by atoms with Gasteiger partial charge in [-0.1, -0.05) is 30.7 Å². The van der Waals surface area contributed by atoms with Crippen molar-refractivity contribution in [2.45, 2.75) is 31.3 Å². The summed E-state index contributed by atoms with van der Waals surface area (Å²) in [6.07, 6.45) is 4.55. The van der Waals surface area contributed by atoms with Gasteiger partial charge in [-0.05, 0) is 29.9 Å². The van der Waals surface area contributed by atoms with E-state index in [-0.39, 0.29) is 0 Å². The van der Waals surface area contributed by atoms with E-state index in [4.69, 9.17) is 4.74 Å². The van der Waals surface area contributed by atoms with Gasteiger partial charge in [0.2, 0.25) is 5.88 Å². The van der Waals surface area contributed by atoms with Crippen LogP contribution in [-0.4, -0.2) is 22.2 Å². The van der Waals surface area contributed by atoms with Gasteiger partial charge in [-0.25, -0.2) is 9.97 Å². The number of hydrogen-bond acceptors (Lipinski definition) is 4. The quantitative estimate of drug-likeness (QED) is 0.928. The minimum absolute atomic E-state index is 0.458. The minimum Gasteiger partial charge on any atom is -0.481 e. The maximum Gasteiger partial charge on any atom is 0.216 e. The lowest BCUT2D eigenvalue weighted by Gasteiger charge is -2.26.